The van der Waals surface area contributed by atoms with E-state index in [0.29, 0.717) is 17.7 Å². The highest BCUT2D eigenvalue weighted by Crippen LogP contribution is 2.30. The van der Waals surface area contributed by atoms with Crippen LogP contribution in [0.3, 0.4) is 0 Å². The maximum Gasteiger partial charge on any atom is 0.573 e. The standard InChI is InChI=1S/C23H24F4N2O2/c24-21-14-17(16-5-3-7-19(13-16)31-23(25,26)27)8-9-20(21)22(30)29-12-4-6-18(29)15-28-10-1-2-11-28/h3,5,7-9,13-14,18H,1-2,4,6,10-12,15H2/t18-/m0/s1. The molecule has 2 fully saturated rings. The Morgan fingerprint density at radius 3 is 2.45 bits per heavy atom. The van der Waals surface area contributed by atoms with Gasteiger partial charge in [0.05, 0.1) is 5.56 Å². The summed E-state index contributed by atoms with van der Waals surface area (Å²) >= 11 is 0. The lowest BCUT2D eigenvalue weighted by atomic mass is 10.0. The number of carbonyl (C=O) groups excluding carboxylic acids is 1. The van der Waals surface area contributed by atoms with Gasteiger partial charge < -0.3 is 14.5 Å². The van der Waals surface area contributed by atoms with E-state index in [9.17, 15) is 22.4 Å². The third-order valence-electron chi connectivity index (χ3n) is 5.91. The van der Waals surface area contributed by atoms with Gasteiger partial charge in [-0.15, -0.1) is 13.2 Å². The van der Waals surface area contributed by atoms with Crippen LogP contribution >= 0.6 is 0 Å². The second-order valence-electron chi connectivity index (χ2n) is 8.07. The van der Waals surface area contributed by atoms with Crippen LogP contribution in [0.4, 0.5) is 17.6 Å². The number of alkyl halides is 3. The molecule has 31 heavy (non-hydrogen) atoms. The van der Waals surface area contributed by atoms with Crippen LogP contribution in [0.2, 0.25) is 0 Å². The highest BCUT2D eigenvalue weighted by atomic mass is 19.4. The van der Waals surface area contributed by atoms with Crippen molar-refractivity contribution in [2.45, 2.75) is 38.1 Å². The normalized spacial score (nSPS) is 19.7. The maximum absolute atomic E-state index is 14.9. The first kappa shape index (κ1) is 21.6. The molecule has 0 saturated carbocycles. The number of halogens is 4. The van der Waals surface area contributed by atoms with Crippen LogP contribution in [0.5, 0.6) is 5.75 Å². The molecule has 0 bridgehead atoms. The molecule has 0 N–H and O–H groups in total. The fraction of sp³-hybridized carbons (Fsp3) is 0.435. The molecule has 8 heteroatoms. The average molecular weight is 436 g/mol. The van der Waals surface area contributed by atoms with Gasteiger partial charge in [-0.25, -0.2) is 4.39 Å². The van der Waals surface area contributed by atoms with E-state index in [1.54, 1.807) is 17.0 Å². The third kappa shape index (κ3) is 5.18. The third-order valence-corrected chi connectivity index (χ3v) is 5.91. The van der Waals surface area contributed by atoms with Crippen molar-refractivity contribution >= 4 is 5.91 Å². The lowest BCUT2D eigenvalue weighted by Crippen LogP contribution is -2.42. The van der Waals surface area contributed by atoms with Gasteiger partial charge in [-0.1, -0.05) is 18.2 Å². The Balaban J connectivity index is 1.51. The number of carbonyl (C=O) groups is 1. The van der Waals surface area contributed by atoms with E-state index >= 15 is 0 Å². The van der Waals surface area contributed by atoms with E-state index < -0.39 is 12.2 Å². The number of benzene rings is 2. The number of rotatable bonds is 5. The van der Waals surface area contributed by atoms with Crippen molar-refractivity contribution in [1.82, 2.24) is 9.80 Å². The average Bonchev–Trinajstić information content (AvgIpc) is 3.39. The van der Waals surface area contributed by atoms with E-state index in [-0.39, 0.29) is 23.3 Å². The summed E-state index contributed by atoms with van der Waals surface area (Å²) in [6.07, 6.45) is -0.649. The minimum absolute atomic E-state index is 0.0141. The molecule has 1 atom stereocenters. The second kappa shape index (κ2) is 8.86. The number of hydrogen-bond donors (Lipinski definition) is 0. The molecule has 0 unspecified atom stereocenters. The van der Waals surface area contributed by atoms with Gasteiger partial charge in [-0.05, 0) is 74.2 Å². The Morgan fingerprint density at radius 1 is 1.00 bits per heavy atom. The van der Waals surface area contributed by atoms with Gasteiger partial charge in [0.2, 0.25) is 0 Å². The van der Waals surface area contributed by atoms with E-state index in [0.717, 1.165) is 32.5 Å². The summed E-state index contributed by atoms with van der Waals surface area (Å²) in [5.74, 6) is -1.40. The van der Waals surface area contributed by atoms with Gasteiger partial charge in [0.1, 0.15) is 11.6 Å². The van der Waals surface area contributed by atoms with Gasteiger partial charge in [0.15, 0.2) is 0 Å². The van der Waals surface area contributed by atoms with Crippen molar-refractivity contribution < 1.29 is 27.1 Å². The van der Waals surface area contributed by atoms with Crippen LogP contribution in [0.1, 0.15) is 36.0 Å². The SMILES string of the molecule is O=C(c1ccc(-c2cccc(OC(F)(F)F)c2)cc1F)N1CCC[C@H]1CN1CCCC1. The zero-order chi connectivity index (χ0) is 22.0. The zero-order valence-electron chi connectivity index (χ0n) is 17.0. The maximum atomic E-state index is 14.9. The molecule has 4 rings (SSSR count). The van der Waals surface area contributed by atoms with Gasteiger partial charge in [0, 0.05) is 19.1 Å². The summed E-state index contributed by atoms with van der Waals surface area (Å²) in [5, 5.41) is 0. The lowest BCUT2D eigenvalue weighted by Gasteiger charge is -2.28. The van der Waals surface area contributed by atoms with Crippen molar-refractivity contribution in [3.8, 4) is 16.9 Å². The van der Waals surface area contributed by atoms with Crippen LogP contribution in [0, 0.1) is 5.82 Å². The number of hydrogen-bond acceptors (Lipinski definition) is 3. The van der Waals surface area contributed by atoms with Crippen LogP contribution in [-0.2, 0) is 0 Å². The van der Waals surface area contributed by atoms with Crippen molar-refractivity contribution in [3.05, 3.63) is 53.8 Å². The Morgan fingerprint density at radius 2 is 1.74 bits per heavy atom. The molecule has 2 heterocycles. The second-order valence-corrected chi connectivity index (χ2v) is 8.07. The fourth-order valence-corrected chi connectivity index (χ4v) is 4.45. The molecule has 2 aromatic rings. The Bertz CT molecular complexity index is 941. The van der Waals surface area contributed by atoms with E-state index in [2.05, 4.69) is 9.64 Å². The van der Waals surface area contributed by atoms with E-state index in [4.69, 9.17) is 0 Å². The number of ether oxygens (including phenoxy) is 1. The van der Waals surface area contributed by atoms with Crippen LogP contribution in [0.15, 0.2) is 42.5 Å². The topological polar surface area (TPSA) is 32.8 Å². The Kier molecular flexibility index (Phi) is 6.18. The zero-order valence-corrected chi connectivity index (χ0v) is 17.0. The van der Waals surface area contributed by atoms with Crippen LogP contribution < -0.4 is 4.74 Å². The number of nitrogens with zero attached hydrogens (tertiary/aromatic N) is 2. The molecule has 166 valence electrons. The smallest absolute Gasteiger partial charge is 0.406 e. The molecule has 0 radical (unpaired) electrons. The molecule has 1 amide bonds. The predicted molar refractivity (Wildman–Crippen MR) is 108 cm³/mol. The van der Waals surface area contributed by atoms with Crippen LogP contribution in [0.25, 0.3) is 11.1 Å². The molecule has 2 aliphatic heterocycles. The molecule has 0 aromatic heterocycles. The minimum Gasteiger partial charge on any atom is -0.406 e. The van der Waals surface area contributed by atoms with Crippen molar-refractivity contribution in [2.75, 3.05) is 26.2 Å². The largest absolute Gasteiger partial charge is 0.573 e. The van der Waals surface area contributed by atoms with E-state index in [1.807, 2.05) is 0 Å². The first-order valence-corrected chi connectivity index (χ1v) is 10.5. The van der Waals surface area contributed by atoms with Gasteiger partial charge in [0.25, 0.3) is 5.91 Å². The molecule has 4 nitrogen and oxygen atoms in total. The lowest BCUT2D eigenvalue weighted by molar-refractivity contribution is -0.274. The number of amides is 1. The molecular weight excluding hydrogens is 412 g/mol. The highest BCUT2D eigenvalue weighted by Gasteiger charge is 2.33. The van der Waals surface area contributed by atoms with E-state index in [1.165, 1.54) is 43.2 Å². The predicted octanol–water partition coefficient (Wildman–Crippen LogP) is 5.09. The van der Waals surface area contributed by atoms with Crippen LogP contribution in [-0.4, -0.2) is 54.3 Å². The quantitative estimate of drug-likeness (QED) is 0.612. The molecule has 2 aromatic carbocycles. The molecule has 2 aliphatic rings. The molecular formula is C23H24F4N2O2. The first-order valence-electron chi connectivity index (χ1n) is 10.5. The minimum atomic E-state index is -4.80. The number of likely N-dealkylation sites (tertiary alicyclic amines) is 2. The molecule has 0 spiro atoms. The summed E-state index contributed by atoms with van der Waals surface area (Å²) in [6.45, 7) is 3.50. The Labute approximate surface area is 178 Å². The molecule has 0 aliphatic carbocycles. The van der Waals surface area contributed by atoms with Crippen molar-refractivity contribution in [1.29, 1.82) is 0 Å². The summed E-state index contributed by atoms with van der Waals surface area (Å²) in [6, 6.07) is 9.57. The van der Waals surface area contributed by atoms with Gasteiger partial charge >= 0.3 is 6.36 Å². The summed E-state index contributed by atoms with van der Waals surface area (Å²) in [7, 11) is 0. The first-order chi connectivity index (χ1) is 14.8. The van der Waals surface area contributed by atoms with Crippen molar-refractivity contribution in [3.63, 3.8) is 0 Å². The van der Waals surface area contributed by atoms with Crippen molar-refractivity contribution in [2.24, 2.45) is 0 Å². The Hall–Kier alpha value is -2.61. The molecule has 2 saturated heterocycles. The van der Waals surface area contributed by atoms with Gasteiger partial charge in [-0.2, -0.15) is 0 Å². The summed E-state index contributed by atoms with van der Waals surface area (Å²) in [4.78, 5) is 17.1. The summed E-state index contributed by atoms with van der Waals surface area (Å²) in [5.41, 5.74) is 0.726. The van der Waals surface area contributed by atoms with Gasteiger partial charge in [-0.3, -0.25) is 4.79 Å². The highest BCUT2D eigenvalue weighted by molar-refractivity contribution is 5.95. The fourth-order valence-electron chi connectivity index (χ4n) is 4.45. The monoisotopic (exact) mass is 436 g/mol. The summed E-state index contributed by atoms with van der Waals surface area (Å²) < 4.78 is 56.2.